The number of anilines is 2. The molecule has 2 aromatic rings. The molecule has 21 heavy (non-hydrogen) atoms. The van der Waals surface area contributed by atoms with E-state index in [0.29, 0.717) is 17.8 Å². The van der Waals surface area contributed by atoms with Crippen LogP contribution < -0.4 is 16.0 Å². The molecule has 3 N–H and O–H groups in total. The maximum atomic E-state index is 12.3. The number of carbonyl (C=O) groups excluding carboxylic acids is 1. The lowest BCUT2D eigenvalue weighted by Crippen LogP contribution is -2.14. The van der Waals surface area contributed by atoms with Gasteiger partial charge >= 0.3 is 0 Å². The molecule has 0 atom stereocenters. The van der Waals surface area contributed by atoms with E-state index in [9.17, 15) is 4.79 Å². The summed E-state index contributed by atoms with van der Waals surface area (Å²) in [5.41, 5.74) is 10.2. The lowest BCUT2D eigenvalue weighted by molar-refractivity contribution is 0.102. The van der Waals surface area contributed by atoms with Gasteiger partial charge < -0.3 is 16.0 Å². The summed E-state index contributed by atoms with van der Waals surface area (Å²) in [6.07, 6.45) is 2.62. The fourth-order valence-corrected chi connectivity index (χ4v) is 2.58. The van der Waals surface area contributed by atoms with Crippen molar-refractivity contribution in [3.05, 3.63) is 53.3 Å². The van der Waals surface area contributed by atoms with Crippen molar-refractivity contribution < 1.29 is 4.79 Å². The van der Waals surface area contributed by atoms with Crippen molar-refractivity contribution in [3.8, 4) is 0 Å². The van der Waals surface area contributed by atoms with E-state index in [2.05, 4.69) is 28.3 Å². The smallest absolute Gasteiger partial charge is 0.255 e. The van der Waals surface area contributed by atoms with Crippen molar-refractivity contribution in [3.63, 3.8) is 0 Å². The average molecular weight is 282 g/mol. The Hall–Kier alpha value is -2.40. The highest BCUT2D eigenvalue weighted by Crippen LogP contribution is 2.29. The molecular weight excluding hydrogens is 264 g/mol. The number of likely N-dealkylation sites (N-methyl/N-ethyl adjacent to an activating group) is 1. The van der Waals surface area contributed by atoms with E-state index in [1.165, 1.54) is 11.3 Å². The van der Waals surface area contributed by atoms with Crippen LogP contribution in [0.1, 0.15) is 21.6 Å². The minimum atomic E-state index is -0.140. The largest absolute Gasteiger partial charge is 0.374 e. The predicted octanol–water partition coefficient (Wildman–Crippen LogP) is 1.78. The second-order valence-corrected chi connectivity index (χ2v) is 5.21. The number of nitrogens with one attached hydrogen (secondary N) is 1. The van der Waals surface area contributed by atoms with E-state index in [-0.39, 0.29) is 5.91 Å². The number of hydrogen-bond donors (Lipinski definition) is 2. The zero-order valence-corrected chi connectivity index (χ0v) is 12.0. The summed E-state index contributed by atoms with van der Waals surface area (Å²) < 4.78 is 0. The molecule has 1 aliphatic heterocycles. The molecule has 1 aromatic carbocycles. The number of carbonyl (C=O) groups is 1. The molecule has 0 saturated carbocycles. The van der Waals surface area contributed by atoms with E-state index >= 15 is 0 Å². The second kappa shape index (κ2) is 5.54. The van der Waals surface area contributed by atoms with Gasteiger partial charge in [0.25, 0.3) is 5.91 Å². The Labute approximate surface area is 123 Å². The highest BCUT2D eigenvalue weighted by atomic mass is 16.1. The molecule has 0 unspecified atom stereocenters. The molecule has 0 saturated heterocycles. The van der Waals surface area contributed by atoms with Gasteiger partial charge in [0, 0.05) is 43.3 Å². The Morgan fingerprint density at radius 1 is 1.38 bits per heavy atom. The topological polar surface area (TPSA) is 71.2 Å². The molecule has 2 heterocycles. The average Bonchev–Trinajstić information content (AvgIpc) is 2.88. The van der Waals surface area contributed by atoms with Gasteiger partial charge in [0.1, 0.15) is 0 Å². The molecule has 0 bridgehead atoms. The Balaban J connectivity index is 1.78. The number of amides is 1. The zero-order valence-electron chi connectivity index (χ0n) is 12.0. The summed E-state index contributed by atoms with van der Waals surface area (Å²) in [6, 6.07) is 9.44. The molecule has 0 fully saturated rings. The Morgan fingerprint density at radius 3 is 3.05 bits per heavy atom. The number of rotatable bonds is 3. The molecule has 1 amide bonds. The molecule has 5 heteroatoms. The first-order valence-electron chi connectivity index (χ1n) is 6.98. The highest BCUT2D eigenvalue weighted by Gasteiger charge is 2.16. The molecule has 0 radical (unpaired) electrons. The van der Waals surface area contributed by atoms with Crippen LogP contribution in [0.25, 0.3) is 0 Å². The SMILES string of the molecule is CN1CCc2cc(NC(=O)c3ccnc(CN)c3)ccc21. The number of fused-ring (bicyclic) bond motifs is 1. The minimum absolute atomic E-state index is 0.140. The number of aromatic nitrogens is 1. The van der Waals surface area contributed by atoms with Crippen LogP contribution in [0.5, 0.6) is 0 Å². The first-order chi connectivity index (χ1) is 10.2. The van der Waals surface area contributed by atoms with Crippen LogP contribution in [0.15, 0.2) is 36.5 Å². The third-order valence-corrected chi connectivity index (χ3v) is 3.75. The monoisotopic (exact) mass is 282 g/mol. The van der Waals surface area contributed by atoms with Gasteiger partial charge in [-0.3, -0.25) is 9.78 Å². The van der Waals surface area contributed by atoms with Gasteiger partial charge in [-0.25, -0.2) is 0 Å². The number of pyridine rings is 1. The van der Waals surface area contributed by atoms with Gasteiger partial charge in [0.15, 0.2) is 0 Å². The van der Waals surface area contributed by atoms with Gasteiger partial charge in [-0.2, -0.15) is 0 Å². The molecule has 1 aromatic heterocycles. The number of benzene rings is 1. The number of nitrogens with zero attached hydrogens (tertiary/aromatic N) is 2. The summed E-state index contributed by atoms with van der Waals surface area (Å²) in [5, 5.41) is 2.93. The van der Waals surface area contributed by atoms with Crippen LogP contribution in [0, 0.1) is 0 Å². The summed E-state index contributed by atoms with van der Waals surface area (Å²) in [4.78, 5) is 18.6. The lowest BCUT2D eigenvalue weighted by Gasteiger charge is -2.12. The normalized spacial score (nSPS) is 13.1. The maximum absolute atomic E-state index is 12.3. The van der Waals surface area contributed by atoms with Crippen LogP contribution in [0.2, 0.25) is 0 Å². The minimum Gasteiger partial charge on any atom is -0.374 e. The first-order valence-corrected chi connectivity index (χ1v) is 6.98. The third-order valence-electron chi connectivity index (χ3n) is 3.75. The molecule has 0 spiro atoms. The Morgan fingerprint density at radius 2 is 2.24 bits per heavy atom. The molecule has 3 rings (SSSR count). The number of hydrogen-bond acceptors (Lipinski definition) is 4. The van der Waals surface area contributed by atoms with Crippen molar-refractivity contribution in [1.29, 1.82) is 0 Å². The van der Waals surface area contributed by atoms with E-state index in [0.717, 1.165) is 18.7 Å². The Kier molecular flexibility index (Phi) is 3.58. The fourth-order valence-electron chi connectivity index (χ4n) is 2.58. The van der Waals surface area contributed by atoms with Crippen LogP contribution in [-0.4, -0.2) is 24.5 Å². The van der Waals surface area contributed by atoms with Gasteiger partial charge in [-0.05, 0) is 42.3 Å². The standard InChI is InChI=1S/C16H18N4O/c1-20-7-5-11-8-13(2-3-15(11)20)19-16(21)12-4-6-18-14(9-12)10-17/h2-4,6,8-9H,5,7,10,17H2,1H3,(H,19,21). The van der Waals surface area contributed by atoms with Crippen molar-refractivity contribution >= 4 is 17.3 Å². The summed E-state index contributed by atoms with van der Waals surface area (Å²) in [5.74, 6) is -0.140. The lowest BCUT2D eigenvalue weighted by atomic mass is 10.1. The molecule has 108 valence electrons. The van der Waals surface area contributed by atoms with Gasteiger partial charge in [-0.1, -0.05) is 0 Å². The molecule has 0 aliphatic carbocycles. The highest BCUT2D eigenvalue weighted by molar-refractivity contribution is 6.04. The quantitative estimate of drug-likeness (QED) is 0.900. The van der Waals surface area contributed by atoms with Crippen molar-refractivity contribution in [1.82, 2.24) is 4.98 Å². The molecule has 5 nitrogen and oxygen atoms in total. The summed E-state index contributed by atoms with van der Waals surface area (Å²) >= 11 is 0. The summed E-state index contributed by atoms with van der Waals surface area (Å²) in [6.45, 7) is 1.35. The zero-order chi connectivity index (χ0) is 14.8. The molecule has 1 aliphatic rings. The van der Waals surface area contributed by atoms with Crippen molar-refractivity contribution in [2.24, 2.45) is 5.73 Å². The van der Waals surface area contributed by atoms with Crippen molar-refractivity contribution in [2.75, 3.05) is 23.8 Å². The number of nitrogens with two attached hydrogens (primary N) is 1. The Bertz CT molecular complexity index is 684. The van der Waals surface area contributed by atoms with Crippen LogP contribution >= 0.6 is 0 Å². The summed E-state index contributed by atoms with van der Waals surface area (Å²) in [7, 11) is 2.08. The fraction of sp³-hybridized carbons (Fsp3) is 0.250. The van der Waals surface area contributed by atoms with Gasteiger partial charge in [0.05, 0.1) is 5.69 Å². The van der Waals surface area contributed by atoms with Crippen molar-refractivity contribution in [2.45, 2.75) is 13.0 Å². The van der Waals surface area contributed by atoms with Crippen LogP contribution in [0.3, 0.4) is 0 Å². The van der Waals surface area contributed by atoms with Crippen LogP contribution in [-0.2, 0) is 13.0 Å². The van der Waals surface area contributed by atoms with E-state index < -0.39 is 0 Å². The van der Waals surface area contributed by atoms with E-state index in [1.807, 2.05) is 12.1 Å². The van der Waals surface area contributed by atoms with Crippen LogP contribution in [0.4, 0.5) is 11.4 Å². The van der Waals surface area contributed by atoms with Gasteiger partial charge in [0.2, 0.25) is 0 Å². The first kappa shape index (κ1) is 13.6. The predicted molar refractivity (Wildman–Crippen MR) is 83.5 cm³/mol. The third kappa shape index (κ3) is 2.73. The van der Waals surface area contributed by atoms with E-state index in [1.54, 1.807) is 18.3 Å². The second-order valence-electron chi connectivity index (χ2n) is 5.21. The van der Waals surface area contributed by atoms with E-state index in [4.69, 9.17) is 5.73 Å². The van der Waals surface area contributed by atoms with Gasteiger partial charge in [-0.15, -0.1) is 0 Å². The maximum Gasteiger partial charge on any atom is 0.255 e. The molecular formula is C16H18N4O.